The van der Waals surface area contributed by atoms with E-state index in [1.807, 2.05) is 0 Å². The van der Waals surface area contributed by atoms with Gasteiger partial charge in [0.25, 0.3) is 0 Å². The van der Waals surface area contributed by atoms with Crippen LogP contribution in [0, 0.1) is 28.6 Å². The van der Waals surface area contributed by atoms with Gasteiger partial charge in [-0.25, -0.2) is 0 Å². The summed E-state index contributed by atoms with van der Waals surface area (Å²) in [6.45, 7) is 4.51. The molecule has 0 aromatic carbocycles. The summed E-state index contributed by atoms with van der Waals surface area (Å²) < 4.78 is 17.9. The van der Waals surface area contributed by atoms with E-state index in [0.29, 0.717) is 19.3 Å². The minimum Gasteiger partial charge on any atom is -0.469 e. The van der Waals surface area contributed by atoms with E-state index in [1.165, 1.54) is 7.11 Å². The van der Waals surface area contributed by atoms with Gasteiger partial charge in [-0.1, -0.05) is 19.4 Å². The van der Waals surface area contributed by atoms with Gasteiger partial charge in [-0.2, -0.15) is 0 Å². The minimum atomic E-state index is -0.424. The van der Waals surface area contributed by atoms with Crippen molar-refractivity contribution in [2.75, 3.05) is 7.11 Å². The maximum atomic E-state index is 13.0. The monoisotopic (exact) mass is 414 g/mol. The van der Waals surface area contributed by atoms with E-state index >= 15 is 0 Å². The third-order valence-corrected chi connectivity index (χ3v) is 10.2. The van der Waals surface area contributed by atoms with E-state index in [4.69, 9.17) is 14.2 Å². The summed E-state index contributed by atoms with van der Waals surface area (Å²) in [6.07, 6.45) is 7.61. The van der Waals surface area contributed by atoms with E-state index in [0.717, 1.165) is 37.7 Å². The molecule has 2 spiro atoms. The van der Waals surface area contributed by atoms with Gasteiger partial charge in [-0.15, -0.1) is 0 Å². The maximum Gasteiger partial charge on any atom is 0.309 e. The first kappa shape index (κ1) is 19.0. The van der Waals surface area contributed by atoms with Gasteiger partial charge < -0.3 is 14.2 Å². The van der Waals surface area contributed by atoms with Crippen LogP contribution in [0.15, 0.2) is 11.6 Å². The lowest BCUT2D eigenvalue weighted by Crippen LogP contribution is -2.63. The summed E-state index contributed by atoms with van der Waals surface area (Å²) in [5.41, 5.74) is -0.175. The Balaban J connectivity index is 1.49. The topological polar surface area (TPSA) is 82.2 Å². The molecule has 2 saturated heterocycles. The number of epoxide rings is 1. The van der Waals surface area contributed by atoms with Gasteiger partial charge in [-0.3, -0.25) is 14.4 Å². The third-order valence-electron chi connectivity index (χ3n) is 10.2. The van der Waals surface area contributed by atoms with E-state index in [-0.39, 0.29) is 52.4 Å². The molecule has 8 atom stereocenters. The molecule has 2 aliphatic heterocycles. The van der Waals surface area contributed by atoms with Crippen molar-refractivity contribution >= 4 is 17.7 Å². The highest BCUT2D eigenvalue weighted by molar-refractivity contribution is 5.92. The molecule has 162 valence electrons. The lowest BCUT2D eigenvalue weighted by molar-refractivity contribution is -0.172. The van der Waals surface area contributed by atoms with Crippen LogP contribution in [0.2, 0.25) is 0 Å². The highest BCUT2D eigenvalue weighted by atomic mass is 16.6. The second kappa shape index (κ2) is 5.56. The number of hydrogen-bond acceptors (Lipinski definition) is 6. The lowest BCUT2D eigenvalue weighted by Gasteiger charge is -2.58. The van der Waals surface area contributed by atoms with Crippen LogP contribution in [0.3, 0.4) is 0 Å². The number of ether oxygens (including phenoxy) is 3. The van der Waals surface area contributed by atoms with Crippen LogP contribution >= 0.6 is 0 Å². The average Bonchev–Trinajstić information content (AvgIpc) is 3.20. The molecular formula is C24H30O6. The molecule has 3 saturated carbocycles. The number of fused-ring (bicyclic) bond motifs is 4. The summed E-state index contributed by atoms with van der Waals surface area (Å²) in [4.78, 5) is 37.4. The van der Waals surface area contributed by atoms with Crippen molar-refractivity contribution in [2.24, 2.45) is 28.6 Å². The van der Waals surface area contributed by atoms with Crippen LogP contribution in [0.4, 0.5) is 0 Å². The van der Waals surface area contributed by atoms with Crippen LogP contribution in [0.5, 0.6) is 0 Å². The van der Waals surface area contributed by atoms with Crippen molar-refractivity contribution in [2.45, 2.75) is 82.5 Å². The largest absolute Gasteiger partial charge is 0.469 e. The van der Waals surface area contributed by atoms with Gasteiger partial charge in [0.15, 0.2) is 5.78 Å². The number of esters is 2. The molecule has 6 rings (SSSR count). The third kappa shape index (κ3) is 1.94. The highest BCUT2D eigenvalue weighted by Crippen LogP contribution is 2.78. The SMILES string of the molecule is COC(=O)[C@H]1CC2=CC(=O)CC[C@]2(C)[C@@]23O[C@@H]2C[C@@]2(C)[C@@H](CC[C@@]24CCC(=O)O4)[C@H]13. The quantitative estimate of drug-likeness (QED) is 0.484. The second-order valence-electron chi connectivity index (χ2n) is 11.0. The van der Waals surface area contributed by atoms with Crippen molar-refractivity contribution in [3.63, 3.8) is 0 Å². The first-order valence-electron chi connectivity index (χ1n) is 11.4. The normalized spacial score (nSPS) is 53.2. The summed E-state index contributed by atoms with van der Waals surface area (Å²) >= 11 is 0. The number of carbonyl (C=O) groups excluding carboxylic acids is 3. The first-order valence-corrected chi connectivity index (χ1v) is 11.4. The average molecular weight is 414 g/mol. The van der Waals surface area contributed by atoms with Crippen molar-refractivity contribution in [3.8, 4) is 0 Å². The number of hydrogen-bond donors (Lipinski definition) is 0. The summed E-state index contributed by atoms with van der Waals surface area (Å²) in [6, 6.07) is 0. The fourth-order valence-electron chi connectivity index (χ4n) is 8.69. The fourth-order valence-corrected chi connectivity index (χ4v) is 8.69. The standard InChI is InChI=1S/C24H30O6/c1-21-7-4-14(25)10-13(21)11-15(20(27)28-3)19-16-5-8-23(9-6-18(26)30-23)22(16,2)12-17-24(19,21)29-17/h10,15-17,19H,4-9,11-12H2,1-3H3/t15-,16-,17+,19-,21-,22-,23+,24+/m0/s1. The second-order valence-corrected chi connectivity index (χ2v) is 11.0. The Kier molecular flexibility index (Phi) is 3.53. The van der Waals surface area contributed by atoms with Crippen LogP contribution in [-0.2, 0) is 28.6 Å². The zero-order chi connectivity index (χ0) is 21.1. The molecule has 6 nitrogen and oxygen atoms in total. The molecule has 2 heterocycles. The molecule has 0 aromatic heterocycles. The summed E-state index contributed by atoms with van der Waals surface area (Å²) in [5.74, 6) is -0.201. The molecule has 0 radical (unpaired) electrons. The van der Waals surface area contributed by atoms with Gasteiger partial charge in [-0.05, 0) is 50.5 Å². The number of rotatable bonds is 1. The highest BCUT2D eigenvalue weighted by Gasteiger charge is 2.83. The van der Waals surface area contributed by atoms with Crippen LogP contribution in [-0.4, -0.2) is 42.1 Å². The molecule has 4 aliphatic carbocycles. The van der Waals surface area contributed by atoms with Gasteiger partial charge >= 0.3 is 11.9 Å². The first-order chi connectivity index (χ1) is 14.2. The van der Waals surface area contributed by atoms with Crippen molar-refractivity contribution in [1.82, 2.24) is 0 Å². The lowest BCUT2D eigenvalue weighted by atomic mass is 9.43. The molecule has 0 bridgehead atoms. The minimum absolute atomic E-state index is 0.0303. The Morgan fingerprint density at radius 2 is 1.97 bits per heavy atom. The van der Waals surface area contributed by atoms with E-state index in [2.05, 4.69) is 13.8 Å². The Morgan fingerprint density at radius 3 is 2.67 bits per heavy atom. The smallest absolute Gasteiger partial charge is 0.309 e. The Hall–Kier alpha value is -1.69. The maximum absolute atomic E-state index is 13.0. The van der Waals surface area contributed by atoms with E-state index in [1.54, 1.807) is 6.08 Å². The van der Waals surface area contributed by atoms with Crippen molar-refractivity contribution in [1.29, 1.82) is 0 Å². The van der Waals surface area contributed by atoms with Crippen LogP contribution in [0.1, 0.15) is 65.2 Å². The zero-order valence-corrected chi connectivity index (χ0v) is 18.0. The predicted octanol–water partition coefficient (Wildman–Crippen LogP) is 3.12. The zero-order valence-electron chi connectivity index (χ0n) is 18.0. The number of ketones is 1. The Morgan fingerprint density at radius 1 is 1.17 bits per heavy atom. The van der Waals surface area contributed by atoms with E-state index < -0.39 is 11.2 Å². The number of methoxy groups -OCH3 is 1. The molecule has 0 N–H and O–H groups in total. The molecule has 30 heavy (non-hydrogen) atoms. The molecule has 0 amide bonds. The molecular weight excluding hydrogens is 384 g/mol. The Bertz CT molecular complexity index is 907. The predicted molar refractivity (Wildman–Crippen MR) is 105 cm³/mol. The van der Waals surface area contributed by atoms with Gasteiger partial charge in [0.2, 0.25) is 0 Å². The van der Waals surface area contributed by atoms with Crippen LogP contribution < -0.4 is 0 Å². The molecule has 6 heteroatoms. The van der Waals surface area contributed by atoms with E-state index in [9.17, 15) is 14.4 Å². The Labute approximate surface area is 176 Å². The molecule has 6 aliphatic rings. The van der Waals surface area contributed by atoms with Crippen molar-refractivity contribution in [3.05, 3.63) is 11.6 Å². The molecule has 5 fully saturated rings. The number of carbonyl (C=O) groups is 3. The summed E-state index contributed by atoms with van der Waals surface area (Å²) in [7, 11) is 1.45. The fraction of sp³-hybridized carbons (Fsp3) is 0.792. The van der Waals surface area contributed by atoms with Gasteiger partial charge in [0.05, 0.1) is 19.1 Å². The summed E-state index contributed by atoms with van der Waals surface area (Å²) in [5, 5.41) is 0. The van der Waals surface area contributed by atoms with Gasteiger partial charge in [0.1, 0.15) is 11.2 Å². The van der Waals surface area contributed by atoms with Crippen LogP contribution in [0.25, 0.3) is 0 Å². The van der Waals surface area contributed by atoms with Crippen molar-refractivity contribution < 1.29 is 28.6 Å². The molecule has 0 aromatic rings. The molecule has 0 unspecified atom stereocenters. The van der Waals surface area contributed by atoms with Gasteiger partial charge in [0, 0.05) is 29.6 Å².